The molecule has 0 aromatic heterocycles. The summed E-state index contributed by atoms with van der Waals surface area (Å²) in [6.45, 7) is 3.92. The number of rotatable bonds is 14. The molecule has 0 unspecified atom stereocenters. The van der Waals surface area contributed by atoms with Gasteiger partial charge in [-0.2, -0.15) is 0 Å². The minimum atomic E-state index is -4.18. The minimum absolute atomic E-state index is 0.0355. The van der Waals surface area contributed by atoms with E-state index in [1.807, 2.05) is 44.2 Å². The molecule has 0 saturated carbocycles. The van der Waals surface area contributed by atoms with Crippen molar-refractivity contribution in [1.29, 1.82) is 0 Å². The van der Waals surface area contributed by atoms with Gasteiger partial charge in [0, 0.05) is 24.5 Å². The van der Waals surface area contributed by atoms with Gasteiger partial charge in [0.25, 0.3) is 10.0 Å². The first kappa shape index (κ1) is 33.6. The van der Waals surface area contributed by atoms with Gasteiger partial charge >= 0.3 is 0 Å². The molecule has 4 aromatic rings. The molecule has 0 spiro atoms. The fraction of sp³-hybridized carbons (Fsp3) is 0.257. The van der Waals surface area contributed by atoms with Gasteiger partial charge in [0.15, 0.2) is 0 Å². The summed E-state index contributed by atoms with van der Waals surface area (Å²) in [4.78, 5) is 29.8. The van der Waals surface area contributed by atoms with Crippen LogP contribution in [0.2, 0.25) is 5.02 Å². The summed E-state index contributed by atoms with van der Waals surface area (Å²) in [5, 5.41) is 3.52. The van der Waals surface area contributed by atoms with Crippen LogP contribution in [0.3, 0.4) is 0 Å². The quantitative estimate of drug-likeness (QED) is 0.182. The first-order valence-electron chi connectivity index (χ1n) is 14.7. The van der Waals surface area contributed by atoms with Crippen molar-refractivity contribution in [3.05, 3.63) is 125 Å². The Labute approximate surface area is 270 Å². The van der Waals surface area contributed by atoms with Crippen molar-refractivity contribution >= 4 is 39.1 Å². The van der Waals surface area contributed by atoms with E-state index in [0.29, 0.717) is 17.3 Å². The van der Waals surface area contributed by atoms with E-state index in [9.17, 15) is 18.0 Å². The van der Waals surface area contributed by atoms with Crippen LogP contribution in [0, 0.1) is 5.92 Å². The average Bonchev–Trinajstić information content (AvgIpc) is 3.05. The Bertz CT molecular complexity index is 1650. The van der Waals surface area contributed by atoms with Crippen LogP contribution in [0.4, 0.5) is 5.69 Å². The molecule has 0 bridgehead atoms. The lowest BCUT2D eigenvalue weighted by atomic mass is 10.0. The number of anilines is 1. The normalized spacial score (nSPS) is 11.9. The molecule has 0 fully saturated rings. The van der Waals surface area contributed by atoms with Gasteiger partial charge in [-0.25, -0.2) is 8.42 Å². The third kappa shape index (κ3) is 9.09. The molecule has 0 radical (unpaired) electrons. The monoisotopic (exact) mass is 647 g/mol. The van der Waals surface area contributed by atoms with Gasteiger partial charge in [-0.1, -0.05) is 86.1 Å². The largest absolute Gasteiger partial charge is 0.497 e. The number of nitrogens with one attached hydrogen (secondary N) is 1. The average molecular weight is 648 g/mol. The fourth-order valence-electron chi connectivity index (χ4n) is 4.76. The number of carbonyl (C=O) groups is 2. The van der Waals surface area contributed by atoms with Crippen LogP contribution in [0.25, 0.3) is 0 Å². The molecular weight excluding hydrogens is 610 g/mol. The number of methoxy groups -OCH3 is 1. The zero-order valence-corrected chi connectivity index (χ0v) is 27.2. The Kier molecular flexibility index (Phi) is 11.6. The number of carbonyl (C=O) groups excluding carboxylic acids is 2. The van der Waals surface area contributed by atoms with Gasteiger partial charge in [-0.3, -0.25) is 13.9 Å². The Morgan fingerprint density at radius 1 is 0.822 bits per heavy atom. The number of halogens is 1. The molecule has 0 heterocycles. The maximum atomic E-state index is 14.5. The van der Waals surface area contributed by atoms with Crippen LogP contribution in [0.15, 0.2) is 114 Å². The van der Waals surface area contributed by atoms with Gasteiger partial charge in [0.05, 0.1) is 17.7 Å². The second kappa shape index (κ2) is 15.6. The number of benzene rings is 4. The van der Waals surface area contributed by atoms with E-state index >= 15 is 0 Å². The van der Waals surface area contributed by atoms with Crippen LogP contribution >= 0.6 is 11.6 Å². The number of ether oxygens (including phenoxy) is 1. The standard InChI is InChI=1S/C35H38ClN3O5S/c1-26(2)23-37-35(41)33(22-27-10-6-4-7-11-27)38(24-28-14-16-29(36)17-15-28)34(40)25-39(30-18-20-31(44-3)21-19-30)45(42,43)32-12-8-5-9-13-32/h4-21,26,33H,22-25H2,1-3H3,(H,37,41)/t33-/m0/s1. The Morgan fingerprint density at radius 2 is 1.42 bits per heavy atom. The highest BCUT2D eigenvalue weighted by Crippen LogP contribution is 2.27. The molecule has 4 rings (SSSR count). The lowest BCUT2D eigenvalue weighted by Gasteiger charge is -2.34. The van der Waals surface area contributed by atoms with Gasteiger partial charge in [-0.15, -0.1) is 0 Å². The Hall–Kier alpha value is -4.34. The predicted octanol–water partition coefficient (Wildman–Crippen LogP) is 5.96. The van der Waals surface area contributed by atoms with E-state index in [1.54, 1.807) is 66.7 Å². The highest BCUT2D eigenvalue weighted by Gasteiger charge is 2.34. The number of hydrogen-bond donors (Lipinski definition) is 1. The lowest BCUT2D eigenvalue weighted by Crippen LogP contribution is -2.53. The smallest absolute Gasteiger partial charge is 0.264 e. The van der Waals surface area contributed by atoms with Crippen LogP contribution in [-0.2, 0) is 32.6 Å². The van der Waals surface area contributed by atoms with Crippen molar-refractivity contribution in [2.24, 2.45) is 5.92 Å². The zero-order chi connectivity index (χ0) is 32.4. The molecule has 0 aliphatic carbocycles. The van der Waals surface area contributed by atoms with E-state index in [-0.39, 0.29) is 35.4 Å². The summed E-state index contributed by atoms with van der Waals surface area (Å²) in [7, 11) is -2.66. The van der Waals surface area contributed by atoms with Gasteiger partial charge in [-0.05, 0) is 65.6 Å². The van der Waals surface area contributed by atoms with Crippen LogP contribution < -0.4 is 14.4 Å². The number of sulfonamides is 1. The van der Waals surface area contributed by atoms with Crippen molar-refractivity contribution in [3.63, 3.8) is 0 Å². The van der Waals surface area contributed by atoms with Crippen LogP contribution in [0.5, 0.6) is 5.75 Å². The van der Waals surface area contributed by atoms with Gasteiger partial charge < -0.3 is 15.0 Å². The van der Waals surface area contributed by atoms with Crippen molar-refractivity contribution in [1.82, 2.24) is 10.2 Å². The molecule has 0 saturated heterocycles. The molecule has 45 heavy (non-hydrogen) atoms. The van der Waals surface area contributed by atoms with E-state index in [4.69, 9.17) is 16.3 Å². The van der Waals surface area contributed by atoms with Crippen LogP contribution in [-0.4, -0.2) is 51.4 Å². The molecule has 236 valence electrons. The summed E-state index contributed by atoms with van der Waals surface area (Å²) in [5.74, 6) is -0.137. The third-order valence-corrected chi connectivity index (χ3v) is 9.23. The highest BCUT2D eigenvalue weighted by molar-refractivity contribution is 7.92. The molecule has 0 aliphatic rings. The maximum absolute atomic E-state index is 14.5. The summed E-state index contributed by atoms with van der Waals surface area (Å²) in [6, 6.07) is 29.9. The van der Waals surface area contributed by atoms with Crippen LogP contribution in [0.1, 0.15) is 25.0 Å². The SMILES string of the molecule is COc1ccc(N(CC(=O)N(Cc2ccc(Cl)cc2)[C@@H](Cc2ccccc2)C(=O)NCC(C)C)S(=O)(=O)c2ccccc2)cc1. The maximum Gasteiger partial charge on any atom is 0.264 e. The van der Waals surface area contributed by atoms with E-state index < -0.39 is 28.5 Å². The van der Waals surface area contributed by atoms with Gasteiger partial charge in [0.1, 0.15) is 18.3 Å². The van der Waals surface area contributed by atoms with Crippen molar-refractivity contribution in [2.75, 3.05) is 24.5 Å². The number of hydrogen-bond acceptors (Lipinski definition) is 5. The van der Waals surface area contributed by atoms with Crippen molar-refractivity contribution < 1.29 is 22.7 Å². The lowest BCUT2D eigenvalue weighted by molar-refractivity contribution is -0.140. The predicted molar refractivity (Wildman–Crippen MR) is 178 cm³/mol. The fourth-order valence-corrected chi connectivity index (χ4v) is 6.32. The first-order valence-corrected chi connectivity index (χ1v) is 16.5. The topological polar surface area (TPSA) is 96.0 Å². The molecule has 10 heteroatoms. The number of amides is 2. The van der Waals surface area contributed by atoms with E-state index in [2.05, 4.69) is 5.32 Å². The summed E-state index contributed by atoms with van der Waals surface area (Å²) >= 11 is 6.14. The number of nitrogens with zero attached hydrogens (tertiary/aromatic N) is 2. The molecule has 8 nitrogen and oxygen atoms in total. The molecule has 1 atom stereocenters. The zero-order valence-electron chi connectivity index (χ0n) is 25.6. The molecule has 2 amide bonds. The molecule has 4 aromatic carbocycles. The van der Waals surface area contributed by atoms with Crippen molar-refractivity contribution in [3.8, 4) is 5.75 Å². The summed E-state index contributed by atoms with van der Waals surface area (Å²) in [5.41, 5.74) is 1.88. The molecule has 0 aliphatic heterocycles. The minimum Gasteiger partial charge on any atom is -0.497 e. The van der Waals surface area contributed by atoms with E-state index in [1.165, 1.54) is 24.1 Å². The van der Waals surface area contributed by atoms with Gasteiger partial charge in [0.2, 0.25) is 11.8 Å². The summed E-state index contributed by atoms with van der Waals surface area (Å²) in [6.07, 6.45) is 0.234. The third-order valence-electron chi connectivity index (χ3n) is 7.19. The summed E-state index contributed by atoms with van der Waals surface area (Å²) < 4.78 is 34.4. The highest BCUT2D eigenvalue weighted by atomic mass is 35.5. The first-order chi connectivity index (χ1) is 21.6. The molecular formula is C35H38ClN3O5S. The molecule has 1 N–H and O–H groups in total. The van der Waals surface area contributed by atoms with E-state index in [0.717, 1.165) is 15.4 Å². The Morgan fingerprint density at radius 3 is 2.00 bits per heavy atom. The van der Waals surface area contributed by atoms with Crippen molar-refractivity contribution in [2.45, 2.75) is 37.8 Å². The second-order valence-electron chi connectivity index (χ2n) is 11.0. The second-order valence-corrected chi connectivity index (χ2v) is 13.3. The Balaban J connectivity index is 1.78.